The second-order valence-corrected chi connectivity index (χ2v) is 6.94. The topological polar surface area (TPSA) is 112 Å². The normalized spacial score (nSPS) is 13.4. The molecule has 0 radical (unpaired) electrons. The van der Waals surface area contributed by atoms with Crippen molar-refractivity contribution in [2.45, 2.75) is 25.9 Å². The zero-order chi connectivity index (χ0) is 19.9. The van der Waals surface area contributed by atoms with Gasteiger partial charge in [0.1, 0.15) is 17.7 Å². The Labute approximate surface area is 189 Å². The van der Waals surface area contributed by atoms with E-state index in [-0.39, 0.29) is 49.2 Å². The zero-order valence-electron chi connectivity index (χ0n) is 16.9. The highest BCUT2D eigenvalue weighted by molar-refractivity contribution is 5.97. The van der Waals surface area contributed by atoms with Gasteiger partial charge >= 0.3 is 0 Å². The van der Waals surface area contributed by atoms with Crippen molar-refractivity contribution in [3.05, 3.63) is 53.6 Å². The molecule has 1 aliphatic heterocycles. The van der Waals surface area contributed by atoms with Crippen LogP contribution >= 0.6 is 24.8 Å². The number of benzene rings is 2. The van der Waals surface area contributed by atoms with Gasteiger partial charge < -0.3 is 26.4 Å². The van der Waals surface area contributed by atoms with Gasteiger partial charge in [0.05, 0.1) is 6.54 Å². The smallest absolute Gasteiger partial charge is 0.243 e. The van der Waals surface area contributed by atoms with E-state index in [0.717, 1.165) is 48.6 Å². The van der Waals surface area contributed by atoms with Crippen LogP contribution in [0.2, 0.25) is 0 Å². The number of amidine groups is 1. The number of nitrogens with one attached hydrogen (secondary N) is 4. The van der Waals surface area contributed by atoms with Crippen LogP contribution in [-0.4, -0.2) is 37.5 Å². The predicted octanol–water partition coefficient (Wildman–Crippen LogP) is 3.30. The first-order valence-electron chi connectivity index (χ1n) is 9.47. The molecule has 164 valence electrons. The predicted molar refractivity (Wildman–Crippen MR) is 127 cm³/mol. The molecule has 1 amide bonds. The minimum Gasteiger partial charge on any atom is -0.490 e. The van der Waals surface area contributed by atoms with Crippen molar-refractivity contribution in [2.75, 3.05) is 30.3 Å². The van der Waals surface area contributed by atoms with Crippen LogP contribution in [0, 0.1) is 12.3 Å². The lowest BCUT2D eigenvalue weighted by atomic mass is 10.1. The molecule has 0 aliphatic carbocycles. The minimum absolute atomic E-state index is 0. The van der Waals surface area contributed by atoms with Gasteiger partial charge in [-0.05, 0) is 68.8 Å². The molecule has 9 heteroatoms. The number of nitrogen functional groups attached to an aromatic ring is 1. The fourth-order valence-corrected chi connectivity index (χ4v) is 3.08. The van der Waals surface area contributed by atoms with Crippen molar-refractivity contribution in [1.82, 2.24) is 5.32 Å². The lowest BCUT2D eigenvalue weighted by Crippen LogP contribution is -2.34. The lowest BCUT2D eigenvalue weighted by Gasteiger charge is -2.23. The van der Waals surface area contributed by atoms with Crippen molar-refractivity contribution in [1.29, 1.82) is 5.41 Å². The van der Waals surface area contributed by atoms with Crippen LogP contribution in [0.1, 0.15) is 24.0 Å². The standard InChI is InChI=1S/C21H27N5O2.2ClH/c1-14-2-3-15(21(22)23)12-19(14)25-13-20(27)26-16-4-6-17(7-5-16)28-18-8-10-24-11-9-18;;/h2-7,12,18,24-25H,8-11,13H2,1H3,(H3,22,23)(H,26,27);2*1H. The zero-order valence-corrected chi connectivity index (χ0v) is 18.5. The van der Waals surface area contributed by atoms with Crippen molar-refractivity contribution in [2.24, 2.45) is 5.73 Å². The summed E-state index contributed by atoms with van der Waals surface area (Å²) in [7, 11) is 0. The number of carbonyl (C=O) groups is 1. The third-order valence-corrected chi connectivity index (χ3v) is 4.71. The number of carbonyl (C=O) groups excluding carboxylic acids is 1. The van der Waals surface area contributed by atoms with E-state index in [9.17, 15) is 4.79 Å². The van der Waals surface area contributed by atoms with Gasteiger partial charge in [0.25, 0.3) is 0 Å². The lowest BCUT2D eigenvalue weighted by molar-refractivity contribution is -0.114. The van der Waals surface area contributed by atoms with Crippen LogP contribution in [-0.2, 0) is 4.79 Å². The Hall–Kier alpha value is -2.48. The Bertz CT molecular complexity index is 840. The number of ether oxygens (including phenoxy) is 1. The van der Waals surface area contributed by atoms with E-state index < -0.39 is 0 Å². The first-order chi connectivity index (χ1) is 13.5. The molecule has 2 aromatic carbocycles. The molecule has 6 N–H and O–H groups in total. The Morgan fingerprint density at radius 1 is 1.17 bits per heavy atom. The van der Waals surface area contributed by atoms with Crippen molar-refractivity contribution < 1.29 is 9.53 Å². The van der Waals surface area contributed by atoms with Crippen LogP contribution in [0.4, 0.5) is 11.4 Å². The van der Waals surface area contributed by atoms with Crippen LogP contribution in [0.15, 0.2) is 42.5 Å². The van der Waals surface area contributed by atoms with Crippen molar-refractivity contribution >= 4 is 47.9 Å². The van der Waals surface area contributed by atoms with Crippen molar-refractivity contribution in [3.63, 3.8) is 0 Å². The molecule has 0 aromatic heterocycles. The fourth-order valence-electron chi connectivity index (χ4n) is 3.08. The van der Waals surface area contributed by atoms with Gasteiger partial charge in [-0.3, -0.25) is 10.2 Å². The van der Waals surface area contributed by atoms with Gasteiger partial charge in [0.15, 0.2) is 0 Å². The summed E-state index contributed by atoms with van der Waals surface area (Å²) in [6.07, 6.45) is 2.27. The summed E-state index contributed by atoms with van der Waals surface area (Å²) >= 11 is 0. The summed E-state index contributed by atoms with van der Waals surface area (Å²) in [6, 6.07) is 12.9. The number of rotatable bonds is 7. The maximum atomic E-state index is 12.2. The van der Waals surface area contributed by atoms with Crippen LogP contribution in [0.25, 0.3) is 0 Å². The van der Waals surface area contributed by atoms with E-state index in [1.54, 1.807) is 12.1 Å². The monoisotopic (exact) mass is 453 g/mol. The molecule has 3 rings (SSSR count). The molecule has 0 atom stereocenters. The molecule has 1 aliphatic rings. The Balaban J connectivity index is 0.00000225. The molecular formula is C21H29Cl2N5O2. The molecule has 0 unspecified atom stereocenters. The largest absolute Gasteiger partial charge is 0.490 e. The summed E-state index contributed by atoms with van der Waals surface area (Å²) in [6.45, 7) is 4.03. The summed E-state index contributed by atoms with van der Waals surface area (Å²) in [5.41, 5.74) is 8.64. The van der Waals surface area contributed by atoms with Gasteiger partial charge in [-0.15, -0.1) is 24.8 Å². The number of aryl methyl sites for hydroxylation is 1. The number of halogens is 2. The molecule has 1 fully saturated rings. The number of piperidine rings is 1. The van der Waals surface area contributed by atoms with E-state index in [0.29, 0.717) is 5.56 Å². The fraction of sp³-hybridized carbons (Fsp3) is 0.333. The molecular weight excluding hydrogens is 425 g/mol. The van der Waals surface area contributed by atoms with E-state index in [4.69, 9.17) is 15.9 Å². The quantitative estimate of drug-likeness (QED) is 0.326. The highest BCUT2D eigenvalue weighted by Crippen LogP contribution is 2.20. The average molecular weight is 454 g/mol. The van der Waals surface area contributed by atoms with E-state index in [2.05, 4.69) is 16.0 Å². The highest BCUT2D eigenvalue weighted by Gasteiger charge is 2.14. The first-order valence-corrected chi connectivity index (χ1v) is 9.47. The Kier molecular flexibility index (Phi) is 10.5. The summed E-state index contributed by atoms with van der Waals surface area (Å²) in [4.78, 5) is 12.2. The number of nitrogens with two attached hydrogens (primary N) is 1. The van der Waals surface area contributed by atoms with Crippen molar-refractivity contribution in [3.8, 4) is 5.75 Å². The molecule has 1 heterocycles. The molecule has 30 heavy (non-hydrogen) atoms. The molecule has 7 nitrogen and oxygen atoms in total. The van der Waals surface area contributed by atoms with Gasteiger partial charge in [-0.2, -0.15) is 0 Å². The van der Waals surface area contributed by atoms with Gasteiger partial charge in [0.2, 0.25) is 5.91 Å². The number of hydrogen-bond acceptors (Lipinski definition) is 5. The first kappa shape index (κ1) is 25.6. The third kappa shape index (κ3) is 7.40. The second-order valence-electron chi connectivity index (χ2n) is 6.94. The molecule has 1 saturated heterocycles. The van der Waals surface area contributed by atoms with Gasteiger partial charge in [-0.25, -0.2) is 0 Å². The molecule has 0 spiro atoms. The second kappa shape index (κ2) is 12.3. The minimum atomic E-state index is -0.153. The maximum absolute atomic E-state index is 12.2. The Morgan fingerprint density at radius 2 is 1.83 bits per heavy atom. The third-order valence-electron chi connectivity index (χ3n) is 4.71. The number of amides is 1. The summed E-state index contributed by atoms with van der Waals surface area (Å²) in [5, 5.41) is 16.8. The van der Waals surface area contributed by atoms with Crippen LogP contribution in [0.5, 0.6) is 5.75 Å². The molecule has 2 aromatic rings. The Morgan fingerprint density at radius 3 is 2.47 bits per heavy atom. The van der Waals surface area contributed by atoms with Gasteiger partial charge in [0, 0.05) is 16.9 Å². The van der Waals surface area contributed by atoms with E-state index in [1.807, 2.05) is 37.3 Å². The van der Waals surface area contributed by atoms with Crippen LogP contribution < -0.4 is 26.4 Å². The summed E-state index contributed by atoms with van der Waals surface area (Å²) in [5.74, 6) is 0.665. The molecule has 0 saturated carbocycles. The number of hydrogen-bond donors (Lipinski definition) is 5. The highest BCUT2D eigenvalue weighted by atomic mass is 35.5. The molecule has 0 bridgehead atoms. The number of anilines is 2. The van der Waals surface area contributed by atoms with Crippen LogP contribution in [0.3, 0.4) is 0 Å². The van der Waals surface area contributed by atoms with E-state index >= 15 is 0 Å². The average Bonchev–Trinajstić information content (AvgIpc) is 2.69. The summed E-state index contributed by atoms with van der Waals surface area (Å²) < 4.78 is 5.97. The van der Waals surface area contributed by atoms with E-state index in [1.165, 1.54) is 0 Å². The maximum Gasteiger partial charge on any atom is 0.243 e. The van der Waals surface area contributed by atoms with Gasteiger partial charge in [-0.1, -0.05) is 12.1 Å². The SMILES string of the molecule is Cc1ccc(C(=N)N)cc1NCC(=O)Nc1ccc(OC2CCNCC2)cc1.Cl.Cl.